The van der Waals surface area contributed by atoms with Gasteiger partial charge in [-0.1, -0.05) is 12.2 Å². The van der Waals surface area contributed by atoms with E-state index in [2.05, 4.69) is 5.32 Å². The SMILES string of the molecule is C/C=C/CC(NC(=O)CS(=O)(=O)C(C)(C)C)C(=O)O. The van der Waals surface area contributed by atoms with Crippen molar-refractivity contribution in [2.45, 2.75) is 44.9 Å². The number of carbonyl (C=O) groups excluding carboxylic acids is 1. The van der Waals surface area contributed by atoms with Crippen molar-refractivity contribution < 1.29 is 23.1 Å². The Morgan fingerprint density at radius 2 is 1.84 bits per heavy atom. The van der Waals surface area contributed by atoms with Gasteiger partial charge < -0.3 is 10.4 Å². The van der Waals surface area contributed by atoms with Crippen LogP contribution in [0.4, 0.5) is 0 Å². The summed E-state index contributed by atoms with van der Waals surface area (Å²) >= 11 is 0. The molecule has 0 saturated heterocycles. The summed E-state index contributed by atoms with van der Waals surface area (Å²) in [7, 11) is -3.61. The van der Waals surface area contributed by atoms with Gasteiger partial charge in [-0.3, -0.25) is 4.79 Å². The molecule has 0 aromatic rings. The molecule has 0 aliphatic carbocycles. The minimum absolute atomic E-state index is 0.118. The summed E-state index contributed by atoms with van der Waals surface area (Å²) in [6, 6.07) is -1.11. The second-order valence-corrected chi connectivity index (χ2v) is 7.88. The van der Waals surface area contributed by atoms with E-state index in [1.807, 2.05) is 0 Å². The maximum absolute atomic E-state index is 11.8. The first-order chi connectivity index (χ1) is 8.51. The van der Waals surface area contributed by atoms with Gasteiger partial charge >= 0.3 is 5.97 Å². The third-order valence-corrected chi connectivity index (χ3v) is 5.00. The van der Waals surface area contributed by atoms with E-state index in [9.17, 15) is 18.0 Å². The number of aliphatic carboxylic acids is 1. The highest BCUT2D eigenvalue weighted by molar-refractivity contribution is 7.93. The van der Waals surface area contributed by atoms with Crippen LogP contribution in [0.15, 0.2) is 12.2 Å². The summed E-state index contributed by atoms with van der Waals surface area (Å²) in [5, 5.41) is 11.1. The van der Waals surface area contributed by atoms with Gasteiger partial charge in [0.15, 0.2) is 9.84 Å². The number of carboxylic acid groups (broad SMARTS) is 1. The number of carbonyl (C=O) groups is 2. The highest BCUT2D eigenvalue weighted by atomic mass is 32.2. The fraction of sp³-hybridized carbons (Fsp3) is 0.667. The minimum Gasteiger partial charge on any atom is -0.480 e. The largest absolute Gasteiger partial charge is 0.480 e. The number of allylic oxidation sites excluding steroid dienone is 1. The molecular weight excluding hydrogens is 270 g/mol. The first-order valence-corrected chi connectivity index (χ1v) is 7.52. The van der Waals surface area contributed by atoms with Crippen molar-refractivity contribution in [3.63, 3.8) is 0 Å². The zero-order chi connectivity index (χ0) is 15.3. The average molecular weight is 291 g/mol. The zero-order valence-electron chi connectivity index (χ0n) is 11.6. The van der Waals surface area contributed by atoms with E-state index in [0.29, 0.717) is 0 Å². The maximum Gasteiger partial charge on any atom is 0.326 e. The van der Waals surface area contributed by atoms with Crippen molar-refractivity contribution in [2.24, 2.45) is 0 Å². The Balaban J connectivity index is 4.73. The molecule has 0 spiro atoms. The highest BCUT2D eigenvalue weighted by Crippen LogP contribution is 2.15. The Hall–Kier alpha value is -1.37. The molecule has 110 valence electrons. The molecule has 0 fully saturated rings. The van der Waals surface area contributed by atoms with Crippen LogP contribution in [0.5, 0.6) is 0 Å². The first-order valence-electron chi connectivity index (χ1n) is 5.87. The fourth-order valence-electron chi connectivity index (χ4n) is 1.12. The lowest BCUT2D eigenvalue weighted by Gasteiger charge is -2.19. The van der Waals surface area contributed by atoms with E-state index in [-0.39, 0.29) is 6.42 Å². The van der Waals surface area contributed by atoms with Crippen LogP contribution in [-0.4, -0.2) is 41.9 Å². The van der Waals surface area contributed by atoms with Gasteiger partial charge in [-0.25, -0.2) is 13.2 Å². The van der Waals surface area contributed by atoms with E-state index in [1.54, 1.807) is 19.1 Å². The zero-order valence-corrected chi connectivity index (χ0v) is 12.5. The summed E-state index contributed by atoms with van der Waals surface area (Å²) in [6.07, 6.45) is 3.37. The molecule has 0 aliphatic heterocycles. The Morgan fingerprint density at radius 3 is 2.21 bits per heavy atom. The topological polar surface area (TPSA) is 101 Å². The van der Waals surface area contributed by atoms with Gasteiger partial charge in [0.1, 0.15) is 11.8 Å². The molecule has 19 heavy (non-hydrogen) atoms. The lowest BCUT2D eigenvalue weighted by Crippen LogP contribution is -2.45. The van der Waals surface area contributed by atoms with Gasteiger partial charge in [-0.2, -0.15) is 0 Å². The monoisotopic (exact) mass is 291 g/mol. The number of hydrogen-bond donors (Lipinski definition) is 2. The molecule has 0 radical (unpaired) electrons. The second kappa shape index (κ2) is 6.70. The third-order valence-electron chi connectivity index (χ3n) is 2.49. The van der Waals surface area contributed by atoms with Gasteiger partial charge in [-0.05, 0) is 34.1 Å². The fourth-order valence-corrected chi connectivity index (χ4v) is 1.98. The molecule has 0 rings (SSSR count). The van der Waals surface area contributed by atoms with Crippen molar-refractivity contribution in [3.8, 4) is 0 Å². The van der Waals surface area contributed by atoms with Crippen LogP contribution in [0, 0.1) is 0 Å². The Kier molecular flexibility index (Phi) is 6.21. The van der Waals surface area contributed by atoms with E-state index >= 15 is 0 Å². The standard InChI is InChI=1S/C12H21NO5S/c1-5-6-7-9(11(15)16)13-10(14)8-19(17,18)12(2,3)4/h5-6,9H,7-8H2,1-4H3,(H,13,14)(H,15,16)/b6-5+. The average Bonchev–Trinajstić information content (AvgIpc) is 2.21. The highest BCUT2D eigenvalue weighted by Gasteiger charge is 2.32. The number of carboxylic acids is 1. The van der Waals surface area contributed by atoms with Crippen LogP contribution >= 0.6 is 0 Å². The number of rotatable bonds is 6. The normalized spacial score (nSPS) is 14.3. The van der Waals surface area contributed by atoms with Crippen molar-refractivity contribution in [3.05, 3.63) is 12.2 Å². The van der Waals surface area contributed by atoms with E-state index in [0.717, 1.165) is 0 Å². The second-order valence-electron chi connectivity index (χ2n) is 5.13. The van der Waals surface area contributed by atoms with Gasteiger partial charge in [-0.15, -0.1) is 0 Å². The number of nitrogens with one attached hydrogen (secondary N) is 1. The van der Waals surface area contributed by atoms with Crippen LogP contribution in [0.25, 0.3) is 0 Å². The lowest BCUT2D eigenvalue weighted by atomic mass is 10.2. The van der Waals surface area contributed by atoms with Crippen molar-refractivity contribution in [1.82, 2.24) is 5.32 Å². The molecule has 0 bridgehead atoms. The summed E-state index contributed by atoms with van der Waals surface area (Å²) in [6.45, 7) is 6.20. The molecule has 6 nitrogen and oxygen atoms in total. The van der Waals surface area contributed by atoms with Crippen LogP contribution in [0.3, 0.4) is 0 Å². The maximum atomic E-state index is 11.8. The van der Waals surface area contributed by atoms with Gasteiger partial charge in [0.25, 0.3) is 0 Å². The predicted molar refractivity (Wildman–Crippen MR) is 72.5 cm³/mol. The molecule has 0 aliphatic rings. The summed E-state index contributed by atoms with van der Waals surface area (Å²) < 4.78 is 22.6. The van der Waals surface area contributed by atoms with Gasteiger partial charge in [0.2, 0.25) is 5.91 Å². The van der Waals surface area contributed by atoms with E-state index < -0.39 is 38.3 Å². The molecule has 2 N–H and O–H groups in total. The summed E-state index contributed by atoms with van der Waals surface area (Å²) in [4.78, 5) is 22.5. The number of hydrogen-bond acceptors (Lipinski definition) is 4. The molecule has 1 atom stereocenters. The quantitative estimate of drug-likeness (QED) is 0.703. The van der Waals surface area contributed by atoms with Crippen LogP contribution in [-0.2, 0) is 19.4 Å². The third kappa shape index (κ3) is 5.87. The molecular formula is C12H21NO5S. The lowest BCUT2D eigenvalue weighted by molar-refractivity contribution is -0.141. The smallest absolute Gasteiger partial charge is 0.326 e. The van der Waals surface area contributed by atoms with Crippen LogP contribution < -0.4 is 5.32 Å². The van der Waals surface area contributed by atoms with Crippen molar-refractivity contribution in [2.75, 3.05) is 5.75 Å². The van der Waals surface area contributed by atoms with E-state index in [4.69, 9.17) is 5.11 Å². The van der Waals surface area contributed by atoms with Gasteiger partial charge in [0.05, 0.1) is 4.75 Å². The number of amides is 1. The summed E-state index contributed by atoms with van der Waals surface area (Å²) in [5.74, 6) is -2.71. The predicted octanol–water partition coefficient (Wildman–Crippen LogP) is 0.735. The van der Waals surface area contributed by atoms with Crippen LogP contribution in [0.1, 0.15) is 34.1 Å². The van der Waals surface area contributed by atoms with Gasteiger partial charge in [0, 0.05) is 0 Å². The molecule has 0 aromatic heterocycles. The summed E-state index contributed by atoms with van der Waals surface area (Å²) in [5.41, 5.74) is 0. The molecule has 1 amide bonds. The Morgan fingerprint density at radius 1 is 1.32 bits per heavy atom. The van der Waals surface area contributed by atoms with Crippen molar-refractivity contribution in [1.29, 1.82) is 0 Å². The number of sulfone groups is 1. The molecule has 0 heterocycles. The molecule has 1 unspecified atom stereocenters. The molecule has 0 saturated carbocycles. The first kappa shape index (κ1) is 17.6. The molecule has 0 aromatic carbocycles. The molecule has 7 heteroatoms. The minimum atomic E-state index is -3.61. The Labute approximate surface area is 113 Å². The van der Waals surface area contributed by atoms with E-state index in [1.165, 1.54) is 20.8 Å². The Bertz CT molecular complexity index is 459. The van der Waals surface area contributed by atoms with Crippen LogP contribution in [0.2, 0.25) is 0 Å². The van der Waals surface area contributed by atoms with Crippen molar-refractivity contribution >= 4 is 21.7 Å².